The molecule has 3 rings (SSSR count). The van der Waals surface area contributed by atoms with Gasteiger partial charge in [0.05, 0.1) is 5.69 Å². The predicted octanol–water partition coefficient (Wildman–Crippen LogP) is 4.33. The smallest absolute Gasteiger partial charge is 0.179 e. The number of rotatable bonds is 6. The zero-order valence-corrected chi connectivity index (χ0v) is 12.9. The normalized spacial score (nSPS) is 14.4. The highest BCUT2D eigenvalue weighted by molar-refractivity contribution is 5.95. The molecule has 1 fully saturated rings. The van der Waals surface area contributed by atoms with Crippen LogP contribution in [0.5, 0.6) is 0 Å². The predicted molar refractivity (Wildman–Crippen MR) is 85.7 cm³/mol. The zero-order valence-electron chi connectivity index (χ0n) is 12.9. The second kappa shape index (κ2) is 5.88. The zero-order chi connectivity index (χ0) is 14.8. The summed E-state index contributed by atoms with van der Waals surface area (Å²) in [6.07, 6.45) is 4.05. The van der Waals surface area contributed by atoms with E-state index in [1.165, 1.54) is 29.7 Å². The van der Waals surface area contributed by atoms with Crippen LogP contribution in [0.3, 0.4) is 0 Å². The van der Waals surface area contributed by atoms with Crippen LogP contribution in [-0.2, 0) is 13.0 Å². The first-order chi connectivity index (χ1) is 10.1. The highest BCUT2D eigenvalue weighted by Gasteiger charge is 2.25. The summed E-state index contributed by atoms with van der Waals surface area (Å²) < 4.78 is 2.25. The minimum Gasteiger partial charge on any atom is -0.342 e. The molecule has 1 saturated carbocycles. The van der Waals surface area contributed by atoms with Crippen molar-refractivity contribution >= 4 is 5.78 Å². The maximum Gasteiger partial charge on any atom is 0.179 e. The number of Topliss-reactive ketones (excluding diaryl/α,β-unsaturated/α-hetero) is 1. The van der Waals surface area contributed by atoms with E-state index in [2.05, 4.69) is 36.6 Å². The molecule has 0 saturated heterocycles. The molecular formula is C19H23NO. The monoisotopic (exact) mass is 281 g/mol. The molecule has 0 spiro atoms. The number of aromatic nitrogens is 1. The van der Waals surface area contributed by atoms with Gasteiger partial charge in [0.1, 0.15) is 0 Å². The Balaban J connectivity index is 1.73. The lowest BCUT2D eigenvalue weighted by molar-refractivity contribution is 0.0973. The van der Waals surface area contributed by atoms with Crippen molar-refractivity contribution < 1.29 is 4.79 Å². The Labute approximate surface area is 126 Å². The highest BCUT2D eigenvalue weighted by Crippen LogP contribution is 2.32. The Bertz CT molecular complexity index is 635. The van der Waals surface area contributed by atoms with Gasteiger partial charge in [-0.25, -0.2) is 0 Å². The van der Waals surface area contributed by atoms with E-state index in [0.29, 0.717) is 6.42 Å². The fourth-order valence-electron chi connectivity index (χ4n) is 2.84. The Hall–Kier alpha value is -1.83. The largest absolute Gasteiger partial charge is 0.342 e. The van der Waals surface area contributed by atoms with Crippen molar-refractivity contribution in [2.75, 3.05) is 0 Å². The molecule has 1 heterocycles. The average molecular weight is 281 g/mol. The first-order valence-corrected chi connectivity index (χ1v) is 7.89. The van der Waals surface area contributed by atoms with Gasteiger partial charge in [-0.05, 0) is 56.2 Å². The van der Waals surface area contributed by atoms with Crippen molar-refractivity contribution in [1.82, 2.24) is 4.57 Å². The quantitative estimate of drug-likeness (QED) is 0.722. The van der Waals surface area contributed by atoms with E-state index in [1.54, 1.807) is 0 Å². The molecule has 1 aromatic heterocycles. The van der Waals surface area contributed by atoms with E-state index in [0.717, 1.165) is 24.6 Å². The van der Waals surface area contributed by atoms with Crippen molar-refractivity contribution in [2.24, 2.45) is 5.92 Å². The Morgan fingerprint density at radius 2 is 1.90 bits per heavy atom. The topological polar surface area (TPSA) is 22.0 Å². The molecule has 2 heteroatoms. The number of carbonyl (C=O) groups is 1. The van der Waals surface area contributed by atoms with Gasteiger partial charge >= 0.3 is 0 Å². The number of carbonyl (C=O) groups excluding carboxylic acids is 1. The summed E-state index contributed by atoms with van der Waals surface area (Å²) in [5.74, 6) is 1.06. The van der Waals surface area contributed by atoms with E-state index >= 15 is 0 Å². The summed E-state index contributed by atoms with van der Waals surface area (Å²) in [7, 11) is 0. The Morgan fingerprint density at radius 1 is 1.19 bits per heavy atom. The second-order valence-electron chi connectivity index (χ2n) is 6.26. The summed E-state index contributed by atoms with van der Waals surface area (Å²) in [6.45, 7) is 5.25. The van der Waals surface area contributed by atoms with Crippen LogP contribution in [0.25, 0.3) is 0 Å². The SMILES string of the molecule is Cc1cc(C(=O)CCc2ccccc2)n(CC2CC2)c1C. The summed E-state index contributed by atoms with van der Waals surface area (Å²) in [4.78, 5) is 12.6. The molecule has 1 aromatic carbocycles. The Morgan fingerprint density at radius 3 is 2.57 bits per heavy atom. The van der Waals surface area contributed by atoms with Gasteiger partial charge in [-0.15, -0.1) is 0 Å². The van der Waals surface area contributed by atoms with Crippen LogP contribution in [0, 0.1) is 19.8 Å². The van der Waals surface area contributed by atoms with E-state index < -0.39 is 0 Å². The number of hydrogen-bond acceptors (Lipinski definition) is 1. The molecule has 0 unspecified atom stereocenters. The molecule has 0 bridgehead atoms. The molecule has 0 amide bonds. The summed E-state index contributed by atoms with van der Waals surface area (Å²) >= 11 is 0. The number of aryl methyl sites for hydroxylation is 2. The summed E-state index contributed by atoms with van der Waals surface area (Å²) in [6, 6.07) is 12.3. The molecule has 0 aliphatic heterocycles. The molecule has 21 heavy (non-hydrogen) atoms. The van der Waals surface area contributed by atoms with Gasteiger partial charge in [-0.1, -0.05) is 30.3 Å². The number of ketones is 1. The first-order valence-electron chi connectivity index (χ1n) is 7.89. The van der Waals surface area contributed by atoms with Crippen molar-refractivity contribution in [3.63, 3.8) is 0 Å². The molecule has 110 valence electrons. The Kier molecular flexibility index (Phi) is 3.96. The van der Waals surface area contributed by atoms with E-state index in [9.17, 15) is 4.79 Å². The van der Waals surface area contributed by atoms with Crippen LogP contribution in [0.4, 0.5) is 0 Å². The van der Waals surface area contributed by atoms with Crippen LogP contribution < -0.4 is 0 Å². The van der Waals surface area contributed by atoms with Crippen LogP contribution in [-0.4, -0.2) is 10.4 Å². The van der Waals surface area contributed by atoms with Crippen molar-refractivity contribution in [3.05, 3.63) is 58.9 Å². The van der Waals surface area contributed by atoms with Gasteiger partial charge in [0.25, 0.3) is 0 Å². The van der Waals surface area contributed by atoms with Crippen LogP contribution in [0.15, 0.2) is 36.4 Å². The lowest BCUT2D eigenvalue weighted by atomic mass is 10.1. The van der Waals surface area contributed by atoms with Crippen LogP contribution in [0.1, 0.15) is 46.6 Å². The van der Waals surface area contributed by atoms with Gasteiger partial charge in [0.2, 0.25) is 0 Å². The number of hydrogen-bond donors (Lipinski definition) is 0. The third kappa shape index (κ3) is 3.26. The molecule has 2 nitrogen and oxygen atoms in total. The number of nitrogens with zero attached hydrogens (tertiary/aromatic N) is 1. The third-order valence-corrected chi connectivity index (χ3v) is 4.53. The number of benzene rings is 1. The minimum atomic E-state index is 0.274. The van der Waals surface area contributed by atoms with Crippen molar-refractivity contribution in [2.45, 2.75) is 46.1 Å². The summed E-state index contributed by atoms with van der Waals surface area (Å²) in [5, 5.41) is 0. The van der Waals surface area contributed by atoms with E-state index in [1.807, 2.05) is 18.2 Å². The summed E-state index contributed by atoms with van der Waals surface area (Å²) in [5.41, 5.74) is 4.64. The average Bonchev–Trinajstić information content (AvgIpc) is 3.27. The molecule has 0 radical (unpaired) electrons. The van der Waals surface area contributed by atoms with Crippen molar-refractivity contribution in [1.29, 1.82) is 0 Å². The lowest BCUT2D eigenvalue weighted by Crippen LogP contribution is -2.12. The standard InChI is InChI=1S/C19H23NO/c1-14-12-18(20(15(14)2)13-17-8-9-17)19(21)11-10-16-6-4-3-5-7-16/h3-7,12,17H,8-11,13H2,1-2H3. The highest BCUT2D eigenvalue weighted by atomic mass is 16.1. The fourth-order valence-corrected chi connectivity index (χ4v) is 2.84. The minimum absolute atomic E-state index is 0.274. The lowest BCUT2D eigenvalue weighted by Gasteiger charge is -2.10. The molecule has 0 atom stereocenters. The molecular weight excluding hydrogens is 258 g/mol. The van der Waals surface area contributed by atoms with Gasteiger partial charge in [0, 0.05) is 18.7 Å². The van der Waals surface area contributed by atoms with E-state index in [-0.39, 0.29) is 5.78 Å². The van der Waals surface area contributed by atoms with Gasteiger partial charge in [0.15, 0.2) is 5.78 Å². The fraction of sp³-hybridized carbons (Fsp3) is 0.421. The first kappa shape index (κ1) is 14.1. The van der Waals surface area contributed by atoms with Gasteiger partial charge in [-0.3, -0.25) is 4.79 Å². The van der Waals surface area contributed by atoms with Crippen LogP contribution in [0.2, 0.25) is 0 Å². The maximum atomic E-state index is 12.6. The molecule has 1 aliphatic carbocycles. The maximum absolute atomic E-state index is 12.6. The molecule has 0 N–H and O–H groups in total. The van der Waals surface area contributed by atoms with Gasteiger partial charge in [-0.2, -0.15) is 0 Å². The third-order valence-electron chi connectivity index (χ3n) is 4.53. The van der Waals surface area contributed by atoms with Crippen LogP contribution >= 0.6 is 0 Å². The molecule has 1 aliphatic rings. The van der Waals surface area contributed by atoms with Crippen molar-refractivity contribution in [3.8, 4) is 0 Å². The van der Waals surface area contributed by atoms with E-state index in [4.69, 9.17) is 0 Å². The molecule has 2 aromatic rings. The second-order valence-corrected chi connectivity index (χ2v) is 6.26. The van der Waals surface area contributed by atoms with Gasteiger partial charge < -0.3 is 4.57 Å².